The molecule has 104 valence electrons. The Bertz CT molecular complexity index is 314. The second kappa shape index (κ2) is 6.75. The van der Waals surface area contributed by atoms with E-state index in [-0.39, 0.29) is 0 Å². The van der Waals surface area contributed by atoms with Gasteiger partial charge in [-0.1, -0.05) is 37.8 Å². The molecule has 0 aromatic rings. The van der Waals surface area contributed by atoms with Crippen LogP contribution in [0.3, 0.4) is 0 Å². The molecule has 18 heavy (non-hydrogen) atoms. The quantitative estimate of drug-likeness (QED) is 0.803. The number of nitrogens with zero attached hydrogens (tertiary/aromatic N) is 1. The van der Waals surface area contributed by atoms with Gasteiger partial charge in [0.15, 0.2) is 0 Å². The highest BCUT2D eigenvalue weighted by Gasteiger charge is 2.37. The van der Waals surface area contributed by atoms with Crippen LogP contribution in [0, 0.1) is 5.92 Å². The topological polar surface area (TPSA) is 40.5 Å². The number of aliphatic carboxylic acids is 1. The Morgan fingerprint density at radius 2 is 1.94 bits per heavy atom. The minimum atomic E-state index is -0.803. The van der Waals surface area contributed by atoms with Gasteiger partial charge in [-0.05, 0) is 38.5 Å². The van der Waals surface area contributed by atoms with Crippen LogP contribution in [0.5, 0.6) is 0 Å². The number of hydrogen-bond acceptors (Lipinski definition) is 3. The molecule has 3 nitrogen and oxygen atoms in total. The van der Waals surface area contributed by atoms with Gasteiger partial charge in [0.05, 0.1) is 0 Å². The first-order valence-corrected chi connectivity index (χ1v) is 7.79. The van der Waals surface area contributed by atoms with Crippen molar-refractivity contribution in [2.45, 2.75) is 51.2 Å². The highest BCUT2D eigenvalue weighted by Crippen LogP contribution is 2.35. The standard InChI is InChI=1S/C13H23NO2S2/c1-10(2)9-13(3,11(15)16)18-12(17)14-7-5-4-6-8-14/h10H,4-9H2,1-3H3,(H,15,16). The zero-order valence-corrected chi connectivity index (χ0v) is 13.1. The third kappa shape index (κ3) is 4.43. The molecule has 1 aliphatic rings. The number of likely N-dealkylation sites (tertiary alicyclic amines) is 1. The first-order chi connectivity index (χ1) is 8.35. The van der Waals surface area contributed by atoms with Crippen LogP contribution in [0.4, 0.5) is 0 Å². The van der Waals surface area contributed by atoms with Gasteiger partial charge in [0.2, 0.25) is 0 Å². The van der Waals surface area contributed by atoms with Gasteiger partial charge in [0, 0.05) is 13.1 Å². The summed E-state index contributed by atoms with van der Waals surface area (Å²) in [4.78, 5) is 13.6. The number of carboxylic acid groups (broad SMARTS) is 1. The summed E-state index contributed by atoms with van der Waals surface area (Å²) >= 11 is 6.77. The smallest absolute Gasteiger partial charge is 0.319 e. The van der Waals surface area contributed by atoms with E-state index in [4.69, 9.17) is 12.2 Å². The van der Waals surface area contributed by atoms with Crippen molar-refractivity contribution in [3.8, 4) is 0 Å². The lowest BCUT2D eigenvalue weighted by Gasteiger charge is -2.33. The van der Waals surface area contributed by atoms with Crippen molar-refractivity contribution in [2.24, 2.45) is 5.92 Å². The Labute approximate surface area is 119 Å². The van der Waals surface area contributed by atoms with E-state index in [9.17, 15) is 9.90 Å². The summed E-state index contributed by atoms with van der Waals surface area (Å²) in [6.45, 7) is 7.83. The molecule has 0 spiro atoms. The summed E-state index contributed by atoms with van der Waals surface area (Å²) in [5.74, 6) is -0.414. The molecule has 1 rings (SSSR count). The van der Waals surface area contributed by atoms with E-state index < -0.39 is 10.7 Å². The molecule has 1 unspecified atom stereocenters. The maximum Gasteiger partial charge on any atom is 0.319 e. The summed E-state index contributed by atoms with van der Waals surface area (Å²) < 4.78 is -0.0526. The molecule has 1 atom stereocenters. The minimum absolute atomic E-state index is 0.350. The fraction of sp³-hybridized carbons (Fsp3) is 0.846. The van der Waals surface area contributed by atoms with E-state index in [2.05, 4.69) is 4.90 Å². The van der Waals surface area contributed by atoms with E-state index in [1.165, 1.54) is 18.2 Å². The Hall–Kier alpha value is -0.290. The molecule has 5 heteroatoms. The molecular weight excluding hydrogens is 266 g/mol. The first kappa shape index (κ1) is 15.8. The maximum absolute atomic E-state index is 11.5. The molecule has 0 aromatic carbocycles. The van der Waals surface area contributed by atoms with Crippen LogP contribution >= 0.6 is 24.0 Å². The number of piperidine rings is 1. The molecule has 1 N–H and O–H groups in total. The Morgan fingerprint density at radius 1 is 1.39 bits per heavy atom. The van der Waals surface area contributed by atoms with Gasteiger partial charge in [0.1, 0.15) is 9.07 Å². The summed E-state index contributed by atoms with van der Waals surface area (Å²) in [7, 11) is 0. The molecule has 0 saturated carbocycles. The predicted molar refractivity (Wildman–Crippen MR) is 81.1 cm³/mol. The van der Waals surface area contributed by atoms with Crippen LogP contribution in [-0.4, -0.2) is 38.1 Å². The Kier molecular flexibility index (Phi) is 5.92. The van der Waals surface area contributed by atoms with Crippen molar-refractivity contribution in [3.63, 3.8) is 0 Å². The molecular formula is C13H23NO2S2. The minimum Gasteiger partial charge on any atom is -0.480 e. The van der Waals surface area contributed by atoms with Crippen molar-refractivity contribution in [1.29, 1.82) is 0 Å². The fourth-order valence-corrected chi connectivity index (χ4v) is 4.22. The second-order valence-electron chi connectivity index (χ2n) is 5.55. The number of thiocarbonyl (C=S) groups is 1. The molecule has 1 aliphatic heterocycles. The van der Waals surface area contributed by atoms with Crippen molar-refractivity contribution < 1.29 is 9.90 Å². The summed E-state index contributed by atoms with van der Waals surface area (Å²) in [5, 5.41) is 9.43. The normalized spacial score (nSPS) is 19.7. The van der Waals surface area contributed by atoms with Gasteiger partial charge in [-0.15, -0.1) is 0 Å². The molecule has 1 saturated heterocycles. The Morgan fingerprint density at radius 3 is 2.39 bits per heavy atom. The lowest BCUT2D eigenvalue weighted by molar-refractivity contribution is -0.139. The van der Waals surface area contributed by atoms with Crippen molar-refractivity contribution in [3.05, 3.63) is 0 Å². The summed E-state index contributed by atoms with van der Waals surface area (Å²) in [5.41, 5.74) is 0. The number of rotatable bonds is 4. The van der Waals surface area contributed by atoms with Crippen LogP contribution in [0.25, 0.3) is 0 Å². The van der Waals surface area contributed by atoms with Gasteiger partial charge in [-0.2, -0.15) is 0 Å². The highest BCUT2D eigenvalue weighted by molar-refractivity contribution is 8.24. The molecule has 0 aromatic heterocycles. The zero-order chi connectivity index (χ0) is 13.8. The predicted octanol–water partition coefficient (Wildman–Crippen LogP) is 3.38. The van der Waals surface area contributed by atoms with Gasteiger partial charge in [0.25, 0.3) is 0 Å². The zero-order valence-electron chi connectivity index (χ0n) is 11.4. The van der Waals surface area contributed by atoms with Crippen molar-refractivity contribution in [2.75, 3.05) is 13.1 Å². The lowest BCUT2D eigenvalue weighted by Crippen LogP contribution is -2.40. The van der Waals surface area contributed by atoms with Gasteiger partial charge >= 0.3 is 5.97 Å². The largest absolute Gasteiger partial charge is 0.480 e. The van der Waals surface area contributed by atoms with E-state index in [1.807, 2.05) is 13.8 Å². The third-order valence-corrected chi connectivity index (χ3v) is 4.91. The van der Waals surface area contributed by atoms with Crippen LogP contribution in [-0.2, 0) is 4.79 Å². The van der Waals surface area contributed by atoms with Crippen LogP contribution in [0.2, 0.25) is 0 Å². The first-order valence-electron chi connectivity index (χ1n) is 6.56. The third-order valence-electron chi connectivity index (χ3n) is 3.18. The highest BCUT2D eigenvalue weighted by atomic mass is 32.2. The molecule has 1 heterocycles. The van der Waals surface area contributed by atoms with E-state index in [1.54, 1.807) is 6.92 Å². The average Bonchev–Trinajstić information content (AvgIpc) is 2.28. The summed E-state index contributed by atoms with van der Waals surface area (Å²) in [6, 6.07) is 0. The van der Waals surface area contributed by atoms with Crippen molar-refractivity contribution in [1.82, 2.24) is 4.90 Å². The van der Waals surface area contributed by atoms with E-state index >= 15 is 0 Å². The monoisotopic (exact) mass is 289 g/mol. The molecule has 1 fully saturated rings. The van der Waals surface area contributed by atoms with Gasteiger partial charge < -0.3 is 10.0 Å². The van der Waals surface area contributed by atoms with E-state index in [0.717, 1.165) is 30.3 Å². The van der Waals surface area contributed by atoms with Crippen molar-refractivity contribution >= 4 is 34.3 Å². The van der Waals surface area contributed by atoms with Crippen LogP contribution in [0.15, 0.2) is 0 Å². The molecule has 0 aliphatic carbocycles. The number of hydrogen-bond donors (Lipinski definition) is 1. The Balaban J connectivity index is 2.65. The average molecular weight is 289 g/mol. The number of thioether (sulfide) groups is 1. The second-order valence-corrected chi connectivity index (χ2v) is 7.69. The van der Waals surface area contributed by atoms with Gasteiger partial charge in [-0.3, -0.25) is 4.79 Å². The van der Waals surface area contributed by atoms with Crippen LogP contribution in [0.1, 0.15) is 46.5 Å². The SMILES string of the molecule is CC(C)CC(C)(SC(=S)N1CCCCC1)C(=O)O. The van der Waals surface area contributed by atoms with E-state index in [0.29, 0.717) is 12.3 Å². The lowest BCUT2D eigenvalue weighted by atomic mass is 9.98. The summed E-state index contributed by atoms with van der Waals surface area (Å²) in [6.07, 6.45) is 4.22. The fourth-order valence-electron chi connectivity index (χ4n) is 2.29. The van der Waals surface area contributed by atoms with Crippen LogP contribution < -0.4 is 0 Å². The molecule has 0 radical (unpaired) electrons. The molecule has 0 amide bonds. The van der Waals surface area contributed by atoms with Gasteiger partial charge in [-0.25, -0.2) is 0 Å². The molecule has 0 bridgehead atoms. The maximum atomic E-state index is 11.5. The number of carboxylic acids is 1. The number of carbonyl (C=O) groups is 1.